The Balaban J connectivity index is 2.48. The highest BCUT2D eigenvalue weighted by atomic mass is 16.3. The molecular weight excluding hydrogens is 272 g/mol. The highest BCUT2D eigenvalue weighted by molar-refractivity contribution is 5.61. The molecular formula is C14H20N4O3. The Morgan fingerprint density at radius 3 is 2.71 bits per heavy atom. The lowest BCUT2D eigenvalue weighted by Crippen LogP contribution is -2.41. The van der Waals surface area contributed by atoms with Crippen molar-refractivity contribution in [3.8, 4) is 0 Å². The first kappa shape index (κ1) is 15.0. The minimum Gasteiger partial charge on any atom is -0.467 e. The quantitative estimate of drug-likeness (QED) is 0.866. The zero-order chi connectivity index (χ0) is 15.6. The fraction of sp³-hybridized carbons (Fsp3) is 0.429. The normalized spacial score (nSPS) is 12.3. The van der Waals surface area contributed by atoms with Gasteiger partial charge in [-0.2, -0.15) is 0 Å². The minimum atomic E-state index is -0.441. The van der Waals surface area contributed by atoms with Gasteiger partial charge in [0.1, 0.15) is 17.3 Å². The van der Waals surface area contributed by atoms with Crippen molar-refractivity contribution in [1.29, 1.82) is 0 Å². The third-order valence-electron chi connectivity index (χ3n) is 3.36. The number of nitrogens with two attached hydrogens (primary N) is 1. The Hall–Kier alpha value is -2.44. The maximum atomic E-state index is 12.2. The van der Waals surface area contributed by atoms with Gasteiger partial charge in [-0.3, -0.25) is 13.9 Å². The van der Waals surface area contributed by atoms with Crippen LogP contribution in [0.15, 0.2) is 32.4 Å². The van der Waals surface area contributed by atoms with Crippen LogP contribution in [0.3, 0.4) is 0 Å². The van der Waals surface area contributed by atoms with Crippen LogP contribution in [0.5, 0.6) is 0 Å². The summed E-state index contributed by atoms with van der Waals surface area (Å²) in [6, 6.07) is 3.34. The number of furan rings is 1. The number of nitrogen functional groups attached to an aromatic ring is 1. The molecule has 0 radical (unpaired) electrons. The molecule has 1 unspecified atom stereocenters. The van der Waals surface area contributed by atoms with E-state index in [1.165, 1.54) is 11.6 Å². The maximum Gasteiger partial charge on any atom is 0.332 e. The molecule has 2 aromatic rings. The Kier molecular flexibility index (Phi) is 4.21. The van der Waals surface area contributed by atoms with E-state index >= 15 is 0 Å². The summed E-state index contributed by atoms with van der Waals surface area (Å²) < 4.78 is 7.76. The van der Waals surface area contributed by atoms with Gasteiger partial charge in [0.05, 0.1) is 12.3 Å². The summed E-state index contributed by atoms with van der Waals surface area (Å²) in [5, 5.41) is 3.04. The standard InChI is InChI=1S/C14H20N4O3/c1-4-7-18-12(15)11(13(19)17(3)14(18)20)16-9(2)10-6-5-8-21-10/h5-6,8-9,16H,4,7,15H2,1-3H3. The zero-order valence-corrected chi connectivity index (χ0v) is 12.4. The van der Waals surface area contributed by atoms with Crippen molar-refractivity contribution >= 4 is 11.5 Å². The molecule has 2 aromatic heterocycles. The summed E-state index contributed by atoms with van der Waals surface area (Å²) in [6.07, 6.45) is 2.31. The Morgan fingerprint density at radius 1 is 1.43 bits per heavy atom. The highest BCUT2D eigenvalue weighted by Crippen LogP contribution is 2.20. The molecule has 0 aliphatic rings. The van der Waals surface area contributed by atoms with Gasteiger partial charge < -0.3 is 15.5 Å². The van der Waals surface area contributed by atoms with E-state index in [0.717, 1.165) is 11.0 Å². The van der Waals surface area contributed by atoms with Gasteiger partial charge in [0.2, 0.25) is 0 Å². The van der Waals surface area contributed by atoms with Gasteiger partial charge in [-0.05, 0) is 25.5 Å². The molecule has 21 heavy (non-hydrogen) atoms. The van der Waals surface area contributed by atoms with Gasteiger partial charge in [0, 0.05) is 13.6 Å². The van der Waals surface area contributed by atoms with E-state index in [0.29, 0.717) is 12.3 Å². The molecule has 2 heterocycles. The average Bonchev–Trinajstić information content (AvgIpc) is 3.00. The van der Waals surface area contributed by atoms with Crippen molar-refractivity contribution in [2.75, 3.05) is 11.1 Å². The smallest absolute Gasteiger partial charge is 0.332 e. The second-order valence-corrected chi connectivity index (χ2v) is 4.94. The molecule has 0 bridgehead atoms. The van der Waals surface area contributed by atoms with Crippen LogP contribution in [0.1, 0.15) is 32.1 Å². The summed E-state index contributed by atoms with van der Waals surface area (Å²) >= 11 is 0. The lowest BCUT2D eigenvalue weighted by atomic mass is 10.2. The number of anilines is 2. The first-order valence-corrected chi connectivity index (χ1v) is 6.86. The predicted octanol–water partition coefficient (Wildman–Crippen LogP) is 1.31. The van der Waals surface area contributed by atoms with Crippen LogP contribution in [0.2, 0.25) is 0 Å². The average molecular weight is 292 g/mol. The van der Waals surface area contributed by atoms with Gasteiger partial charge in [-0.15, -0.1) is 0 Å². The van der Waals surface area contributed by atoms with E-state index in [1.54, 1.807) is 18.4 Å². The molecule has 7 heteroatoms. The topological polar surface area (TPSA) is 95.2 Å². The molecule has 1 atom stereocenters. The van der Waals surface area contributed by atoms with E-state index in [4.69, 9.17) is 10.2 Å². The SMILES string of the molecule is CCCn1c(N)c(NC(C)c2ccco2)c(=O)n(C)c1=O. The third-order valence-corrected chi connectivity index (χ3v) is 3.36. The lowest BCUT2D eigenvalue weighted by molar-refractivity contribution is 0.490. The zero-order valence-electron chi connectivity index (χ0n) is 12.4. The second kappa shape index (κ2) is 5.90. The van der Waals surface area contributed by atoms with Crippen molar-refractivity contribution in [3.05, 3.63) is 45.0 Å². The van der Waals surface area contributed by atoms with Gasteiger partial charge in [0.25, 0.3) is 5.56 Å². The maximum absolute atomic E-state index is 12.2. The molecule has 7 nitrogen and oxygen atoms in total. The number of hydrogen-bond acceptors (Lipinski definition) is 5. The van der Waals surface area contributed by atoms with Gasteiger partial charge >= 0.3 is 5.69 Å². The molecule has 0 amide bonds. The molecule has 3 N–H and O–H groups in total. The Bertz CT molecular complexity index is 728. The monoisotopic (exact) mass is 292 g/mol. The number of nitrogens with zero attached hydrogens (tertiary/aromatic N) is 2. The first-order valence-electron chi connectivity index (χ1n) is 6.86. The van der Waals surface area contributed by atoms with Crippen LogP contribution in [0.25, 0.3) is 0 Å². The minimum absolute atomic E-state index is 0.156. The number of hydrogen-bond donors (Lipinski definition) is 2. The van der Waals surface area contributed by atoms with Crippen LogP contribution >= 0.6 is 0 Å². The van der Waals surface area contributed by atoms with Crippen LogP contribution in [-0.4, -0.2) is 9.13 Å². The molecule has 0 saturated carbocycles. The highest BCUT2D eigenvalue weighted by Gasteiger charge is 2.18. The van der Waals surface area contributed by atoms with E-state index in [1.807, 2.05) is 13.8 Å². The van der Waals surface area contributed by atoms with Gasteiger partial charge in [0.15, 0.2) is 0 Å². The van der Waals surface area contributed by atoms with Crippen LogP contribution in [0.4, 0.5) is 11.5 Å². The molecule has 0 spiro atoms. The summed E-state index contributed by atoms with van der Waals surface area (Å²) in [5.41, 5.74) is 5.37. The predicted molar refractivity (Wildman–Crippen MR) is 81.4 cm³/mol. The van der Waals surface area contributed by atoms with Crippen molar-refractivity contribution < 1.29 is 4.42 Å². The molecule has 0 aliphatic heterocycles. The van der Waals surface area contributed by atoms with Crippen LogP contribution in [0, 0.1) is 0 Å². The molecule has 0 aliphatic carbocycles. The Labute approximate surface area is 122 Å². The van der Waals surface area contributed by atoms with E-state index in [-0.39, 0.29) is 17.5 Å². The molecule has 0 saturated heterocycles. The third kappa shape index (κ3) is 2.72. The van der Waals surface area contributed by atoms with E-state index in [9.17, 15) is 9.59 Å². The fourth-order valence-electron chi connectivity index (χ4n) is 2.18. The van der Waals surface area contributed by atoms with Gasteiger partial charge in [-0.25, -0.2) is 4.79 Å². The molecule has 0 aromatic carbocycles. The number of nitrogens with one attached hydrogen (secondary N) is 1. The van der Waals surface area contributed by atoms with Crippen molar-refractivity contribution in [2.45, 2.75) is 32.9 Å². The number of rotatable bonds is 5. The molecule has 114 valence electrons. The van der Waals surface area contributed by atoms with E-state index < -0.39 is 11.2 Å². The number of aromatic nitrogens is 2. The molecule has 0 fully saturated rings. The lowest BCUT2D eigenvalue weighted by Gasteiger charge is -2.18. The Morgan fingerprint density at radius 2 is 2.14 bits per heavy atom. The summed E-state index contributed by atoms with van der Waals surface area (Å²) in [4.78, 5) is 24.3. The van der Waals surface area contributed by atoms with Crippen molar-refractivity contribution in [2.24, 2.45) is 7.05 Å². The summed E-state index contributed by atoms with van der Waals surface area (Å²) in [7, 11) is 1.44. The largest absolute Gasteiger partial charge is 0.467 e. The second-order valence-electron chi connectivity index (χ2n) is 4.94. The summed E-state index contributed by atoms with van der Waals surface area (Å²) in [5.74, 6) is 0.841. The van der Waals surface area contributed by atoms with Crippen LogP contribution in [-0.2, 0) is 13.6 Å². The van der Waals surface area contributed by atoms with Crippen LogP contribution < -0.4 is 22.3 Å². The molecule has 2 rings (SSSR count). The van der Waals surface area contributed by atoms with Gasteiger partial charge in [-0.1, -0.05) is 6.92 Å². The van der Waals surface area contributed by atoms with Crippen molar-refractivity contribution in [3.63, 3.8) is 0 Å². The first-order chi connectivity index (χ1) is 9.97. The fourth-order valence-corrected chi connectivity index (χ4v) is 2.18. The van der Waals surface area contributed by atoms with E-state index in [2.05, 4.69) is 5.32 Å². The summed E-state index contributed by atoms with van der Waals surface area (Å²) in [6.45, 7) is 4.26. The van der Waals surface area contributed by atoms with Crippen molar-refractivity contribution in [1.82, 2.24) is 9.13 Å².